The summed E-state index contributed by atoms with van der Waals surface area (Å²) < 4.78 is 0. The summed E-state index contributed by atoms with van der Waals surface area (Å²) in [6.45, 7) is 0. The third-order valence-corrected chi connectivity index (χ3v) is 2.14. The maximum atomic E-state index is 11.9. The van der Waals surface area contributed by atoms with E-state index in [-0.39, 0.29) is 5.91 Å². The van der Waals surface area contributed by atoms with Gasteiger partial charge in [0.2, 0.25) is 0 Å². The summed E-state index contributed by atoms with van der Waals surface area (Å²) in [6.07, 6.45) is 1.59. The van der Waals surface area contributed by atoms with Gasteiger partial charge in [0.25, 0.3) is 5.91 Å². The molecule has 0 aliphatic rings. The van der Waals surface area contributed by atoms with Crippen LogP contribution in [0.5, 0.6) is 0 Å². The Hall–Kier alpha value is -2.20. The lowest BCUT2D eigenvalue weighted by molar-refractivity contribution is 0.0986. The second kappa shape index (κ2) is 4.55. The van der Waals surface area contributed by atoms with Gasteiger partial charge in [-0.25, -0.2) is 15.8 Å². The molecule has 0 fully saturated rings. The van der Waals surface area contributed by atoms with Crippen LogP contribution in [0.25, 0.3) is 0 Å². The Morgan fingerprint density at radius 2 is 1.75 bits per heavy atom. The molecule has 2 N–H and O–H groups in total. The molecule has 1 heterocycles. The number of benzene rings is 1. The minimum Gasteiger partial charge on any atom is -0.267 e. The van der Waals surface area contributed by atoms with Crippen LogP contribution >= 0.6 is 0 Å². The van der Waals surface area contributed by atoms with Gasteiger partial charge < -0.3 is 0 Å². The van der Waals surface area contributed by atoms with E-state index < -0.39 is 0 Å². The molecule has 1 aromatic carbocycles. The van der Waals surface area contributed by atoms with Crippen LogP contribution in [0.1, 0.15) is 10.4 Å². The second-order valence-corrected chi connectivity index (χ2v) is 3.23. The first-order valence-corrected chi connectivity index (χ1v) is 4.84. The van der Waals surface area contributed by atoms with Gasteiger partial charge in [-0.3, -0.25) is 4.79 Å². The highest BCUT2D eigenvalue weighted by molar-refractivity contribution is 6.04. The van der Waals surface area contributed by atoms with Gasteiger partial charge in [0, 0.05) is 11.8 Å². The van der Waals surface area contributed by atoms with E-state index in [1.54, 1.807) is 48.7 Å². The molecule has 0 radical (unpaired) electrons. The Morgan fingerprint density at radius 1 is 1.06 bits per heavy atom. The number of anilines is 1. The first-order chi connectivity index (χ1) is 7.79. The van der Waals surface area contributed by atoms with Crippen LogP contribution in [-0.2, 0) is 0 Å². The SMILES string of the molecule is NN(C(=O)c1ccccc1)c1ccccn1. The maximum Gasteiger partial charge on any atom is 0.273 e. The van der Waals surface area contributed by atoms with Crippen molar-refractivity contribution in [2.75, 3.05) is 5.01 Å². The highest BCUT2D eigenvalue weighted by Gasteiger charge is 2.13. The quantitative estimate of drug-likeness (QED) is 0.468. The van der Waals surface area contributed by atoms with Crippen LogP contribution in [0.4, 0.5) is 5.82 Å². The Balaban J connectivity index is 2.24. The van der Waals surface area contributed by atoms with E-state index in [0.29, 0.717) is 11.4 Å². The molecule has 2 rings (SSSR count). The zero-order valence-corrected chi connectivity index (χ0v) is 8.58. The van der Waals surface area contributed by atoms with E-state index in [0.717, 1.165) is 5.01 Å². The molecule has 0 atom stereocenters. The Bertz CT molecular complexity index is 470. The highest BCUT2D eigenvalue weighted by Crippen LogP contribution is 2.09. The van der Waals surface area contributed by atoms with Crippen molar-refractivity contribution >= 4 is 11.7 Å². The number of nitrogens with zero attached hydrogens (tertiary/aromatic N) is 2. The third kappa shape index (κ3) is 2.07. The van der Waals surface area contributed by atoms with Crippen LogP contribution in [0, 0.1) is 0 Å². The molecule has 16 heavy (non-hydrogen) atoms. The van der Waals surface area contributed by atoms with Crippen molar-refractivity contribution in [2.24, 2.45) is 5.84 Å². The summed E-state index contributed by atoms with van der Waals surface area (Å²) in [5.74, 6) is 5.84. The molecule has 4 heteroatoms. The predicted molar refractivity (Wildman–Crippen MR) is 61.7 cm³/mol. The van der Waals surface area contributed by atoms with Crippen LogP contribution in [0.2, 0.25) is 0 Å². The van der Waals surface area contributed by atoms with Gasteiger partial charge in [-0.2, -0.15) is 0 Å². The fraction of sp³-hybridized carbons (Fsp3) is 0. The Labute approximate surface area is 93.3 Å². The average molecular weight is 213 g/mol. The van der Waals surface area contributed by atoms with Crippen molar-refractivity contribution in [1.29, 1.82) is 0 Å². The molecule has 2 aromatic rings. The molecular weight excluding hydrogens is 202 g/mol. The lowest BCUT2D eigenvalue weighted by Gasteiger charge is -2.14. The Kier molecular flexibility index (Phi) is 2.93. The van der Waals surface area contributed by atoms with E-state index in [9.17, 15) is 4.79 Å². The number of carbonyl (C=O) groups is 1. The second-order valence-electron chi connectivity index (χ2n) is 3.23. The van der Waals surface area contributed by atoms with Crippen LogP contribution in [0.15, 0.2) is 54.7 Å². The molecule has 1 aromatic heterocycles. The number of amides is 1. The number of aromatic nitrogens is 1. The number of rotatable bonds is 2. The molecular formula is C12H11N3O. The number of hydrogen-bond acceptors (Lipinski definition) is 3. The van der Waals surface area contributed by atoms with Gasteiger partial charge in [0.15, 0.2) is 0 Å². The maximum absolute atomic E-state index is 11.9. The van der Waals surface area contributed by atoms with Crippen molar-refractivity contribution in [3.8, 4) is 0 Å². The topological polar surface area (TPSA) is 59.2 Å². The number of carbonyl (C=O) groups excluding carboxylic acids is 1. The summed E-state index contributed by atoms with van der Waals surface area (Å²) in [5.41, 5.74) is 0.538. The van der Waals surface area contributed by atoms with Gasteiger partial charge in [-0.05, 0) is 24.3 Å². The third-order valence-electron chi connectivity index (χ3n) is 2.14. The van der Waals surface area contributed by atoms with E-state index >= 15 is 0 Å². The lowest BCUT2D eigenvalue weighted by atomic mass is 10.2. The summed E-state index contributed by atoms with van der Waals surface area (Å²) in [5, 5.41) is 1.04. The molecule has 4 nitrogen and oxygen atoms in total. The summed E-state index contributed by atoms with van der Waals surface area (Å²) in [6, 6.07) is 14.1. The van der Waals surface area contributed by atoms with Crippen LogP contribution in [-0.4, -0.2) is 10.9 Å². The zero-order chi connectivity index (χ0) is 11.4. The van der Waals surface area contributed by atoms with Crippen LogP contribution in [0.3, 0.4) is 0 Å². The molecule has 0 spiro atoms. The largest absolute Gasteiger partial charge is 0.273 e. The van der Waals surface area contributed by atoms with Crippen molar-refractivity contribution in [3.05, 3.63) is 60.3 Å². The van der Waals surface area contributed by atoms with E-state index in [2.05, 4.69) is 4.98 Å². The van der Waals surface area contributed by atoms with Gasteiger partial charge in [-0.15, -0.1) is 0 Å². The van der Waals surface area contributed by atoms with Gasteiger partial charge in [0.05, 0.1) is 0 Å². The van der Waals surface area contributed by atoms with Gasteiger partial charge >= 0.3 is 0 Å². The van der Waals surface area contributed by atoms with Crippen molar-refractivity contribution in [1.82, 2.24) is 4.98 Å². The number of pyridine rings is 1. The minimum atomic E-state index is -0.278. The normalized spacial score (nSPS) is 9.81. The molecule has 0 aliphatic carbocycles. The average Bonchev–Trinajstić information content (AvgIpc) is 2.39. The van der Waals surface area contributed by atoms with Crippen molar-refractivity contribution < 1.29 is 4.79 Å². The molecule has 0 unspecified atom stereocenters. The smallest absolute Gasteiger partial charge is 0.267 e. The summed E-state index contributed by atoms with van der Waals surface area (Å²) >= 11 is 0. The highest BCUT2D eigenvalue weighted by atomic mass is 16.2. The molecule has 0 aliphatic heterocycles. The Morgan fingerprint density at radius 3 is 2.38 bits per heavy atom. The molecule has 80 valence electrons. The minimum absolute atomic E-state index is 0.278. The number of hydrazine groups is 1. The fourth-order valence-corrected chi connectivity index (χ4v) is 1.32. The van der Waals surface area contributed by atoms with Crippen molar-refractivity contribution in [3.63, 3.8) is 0 Å². The zero-order valence-electron chi connectivity index (χ0n) is 8.58. The lowest BCUT2D eigenvalue weighted by Crippen LogP contribution is -2.38. The fourth-order valence-electron chi connectivity index (χ4n) is 1.32. The van der Waals surface area contributed by atoms with E-state index in [1.807, 2.05) is 6.07 Å². The van der Waals surface area contributed by atoms with E-state index in [4.69, 9.17) is 5.84 Å². The molecule has 0 saturated carbocycles. The van der Waals surface area contributed by atoms with E-state index in [1.165, 1.54) is 0 Å². The monoisotopic (exact) mass is 213 g/mol. The molecule has 1 amide bonds. The van der Waals surface area contributed by atoms with Gasteiger partial charge in [-0.1, -0.05) is 24.3 Å². The molecule has 0 bridgehead atoms. The van der Waals surface area contributed by atoms with Crippen LogP contribution < -0.4 is 10.9 Å². The summed E-state index contributed by atoms with van der Waals surface area (Å²) in [4.78, 5) is 15.9. The predicted octanol–water partition coefficient (Wildman–Crippen LogP) is 1.60. The first-order valence-electron chi connectivity index (χ1n) is 4.84. The first kappa shape index (κ1) is 10.3. The number of hydrogen-bond donors (Lipinski definition) is 1. The van der Waals surface area contributed by atoms with Crippen molar-refractivity contribution in [2.45, 2.75) is 0 Å². The number of nitrogens with two attached hydrogens (primary N) is 1. The summed E-state index contributed by atoms with van der Waals surface area (Å²) in [7, 11) is 0. The van der Waals surface area contributed by atoms with Gasteiger partial charge in [0.1, 0.15) is 5.82 Å². The standard InChI is InChI=1S/C12H11N3O/c13-15(11-8-4-5-9-14-11)12(16)10-6-2-1-3-7-10/h1-9H,13H2. The molecule has 0 saturated heterocycles.